The smallest absolute Gasteiger partial charge is 0.228 e. The van der Waals surface area contributed by atoms with Crippen molar-refractivity contribution in [2.75, 3.05) is 19.5 Å². The first-order valence-electron chi connectivity index (χ1n) is 9.66. The molecule has 148 valence electrons. The van der Waals surface area contributed by atoms with Crippen LogP contribution in [0.4, 0.5) is 5.69 Å². The third kappa shape index (κ3) is 3.51. The second kappa shape index (κ2) is 7.87. The molecule has 1 aromatic heterocycles. The zero-order valence-corrected chi connectivity index (χ0v) is 16.9. The van der Waals surface area contributed by atoms with E-state index in [-0.39, 0.29) is 12.3 Å². The minimum absolute atomic E-state index is 0.102. The zero-order chi connectivity index (χ0) is 20.4. The Morgan fingerprint density at radius 1 is 0.931 bits per heavy atom. The van der Waals surface area contributed by atoms with Gasteiger partial charge in [-0.2, -0.15) is 0 Å². The van der Waals surface area contributed by atoms with Crippen molar-refractivity contribution in [2.24, 2.45) is 0 Å². The number of amides is 1. The molecule has 4 rings (SSSR count). The van der Waals surface area contributed by atoms with Gasteiger partial charge in [-0.05, 0) is 49.4 Å². The minimum atomic E-state index is -0.102. The highest BCUT2D eigenvalue weighted by atomic mass is 16.5. The van der Waals surface area contributed by atoms with Crippen LogP contribution in [0.5, 0.6) is 11.5 Å². The van der Waals surface area contributed by atoms with Crippen molar-refractivity contribution in [3.8, 4) is 11.5 Å². The van der Waals surface area contributed by atoms with E-state index in [1.54, 1.807) is 14.2 Å². The summed E-state index contributed by atoms with van der Waals surface area (Å²) < 4.78 is 12.9. The average Bonchev–Trinajstić information content (AvgIpc) is 3.06. The molecule has 0 fully saturated rings. The van der Waals surface area contributed by atoms with E-state index in [1.165, 1.54) is 16.4 Å². The van der Waals surface area contributed by atoms with E-state index in [9.17, 15) is 4.79 Å². The van der Waals surface area contributed by atoms with E-state index >= 15 is 0 Å². The van der Waals surface area contributed by atoms with Crippen molar-refractivity contribution in [3.05, 3.63) is 66.2 Å². The molecule has 0 bridgehead atoms. The van der Waals surface area contributed by atoms with Gasteiger partial charge in [0.15, 0.2) is 0 Å². The molecule has 0 atom stereocenters. The lowest BCUT2D eigenvalue weighted by molar-refractivity contribution is -0.115. The molecular formula is C24H24N2O3. The van der Waals surface area contributed by atoms with Crippen LogP contribution < -0.4 is 14.8 Å². The number of ether oxygens (including phenoxy) is 2. The van der Waals surface area contributed by atoms with Crippen LogP contribution in [0.15, 0.2) is 60.7 Å². The fraction of sp³-hybridized carbons (Fsp3) is 0.208. The number of benzene rings is 3. The molecule has 3 aromatic carbocycles. The lowest BCUT2D eigenvalue weighted by Crippen LogP contribution is -2.15. The summed E-state index contributed by atoms with van der Waals surface area (Å²) in [4.78, 5) is 12.7. The zero-order valence-electron chi connectivity index (χ0n) is 16.9. The van der Waals surface area contributed by atoms with Crippen molar-refractivity contribution in [3.63, 3.8) is 0 Å². The summed E-state index contributed by atoms with van der Waals surface area (Å²) in [6, 6.07) is 19.9. The maximum atomic E-state index is 12.7. The number of rotatable bonds is 6. The molecule has 5 nitrogen and oxygen atoms in total. The van der Waals surface area contributed by atoms with Crippen LogP contribution in [0.3, 0.4) is 0 Å². The molecule has 5 heteroatoms. The number of carbonyl (C=O) groups excluding carboxylic acids is 1. The van der Waals surface area contributed by atoms with Gasteiger partial charge in [0.25, 0.3) is 0 Å². The Morgan fingerprint density at radius 3 is 2.48 bits per heavy atom. The Morgan fingerprint density at radius 2 is 1.72 bits per heavy atom. The fourth-order valence-electron chi connectivity index (χ4n) is 3.87. The summed E-state index contributed by atoms with van der Waals surface area (Å²) in [5.74, 6) is 1.26. The van der Waals surface area contributed by atoms with E-state index in [0.717, 1.165) is 23.2 Å². The summed E-state index contributed by atoms with van der Waals surface area (Å²) >= 11 is 0. The predicted molar refractivity (Wildman–Crippen MR) is 117 cm³/mol. The Hall–Kier alpha value is -3.47. The van der Waals surface area contributed by atoms with Crippen molar-refractivity contribution in [1.29, 1.82) is 0 Å². The molecular weight excluding hydrogens is 364 g/mol. The fourth-order valence-corrected chi connectivity index (χ4v) is 3.87. The van der Waals surface area contributed by atoms with Crippen LogP contribution in [-0.2, 0) is 17.8 Å². The van der Waals surface area contributed by atoms with Gasteiger partial charge in [0.05, 0.1) is 20.6 Å². The maximum absolute atomic E-state index is 12.7. The standard InChI is InChI=1S/C24H24N2O3/c1-4-26-21-8-6-5-7-19(21)20-15-17(9-11-22(20)26)25-24(27)14-16-13-18(28-2)10-12-23(16)29-3/h5-13,15H,4,14H2,1-3H3,(H,25,27). The van der Waals surface area contributed by atoms with Gasteiger partial charge >= 0.3 is 0 Å². The van der Waals surface area contributed by atoms with Gasteiger partial charge in [-0.25, -0.2) is 0 Å². The molecule has 1 heterocycles. The van der Waals surface area contributed by atoms with Crippen molar-refractivity contribution < 1.29 is 14.3 Å². The van der Waals surface area contributed by atoms with Crippen molar-refractivity contribution in [1.82, 2.24) is 4.57 Å². The topological polar surface area (TPSA) is 52.5 Å². The molecule has 29 heavy (non-hydrogen) atoms. The number of carbonyl (C=O) groups is 1. The predicted octanol–water partition coefficient (Wildman–Crippen LogP) is 5.01. The Labute approximate surface area is 169 Å². The Kier molecular flexibility index (Phi) is 5.12. The summed E-state index contributed by atoms with van der Waals surface area (Å²) in [7, 11) is 3.20. The number of fused-ring (bicyclic) bond motifs is 3. The largest absolute Gasteiger partial charge is 0.497 e. The first-order valence-corrected chi connectivity index (χ1v) is 9.66. The van der Waals surface area contributed by atoms with Crippen LogP contribution in [0.1, 0.15) is 12.5 Å². The van der Waals surface area contributed by atoms with E-state index in [1.807, 2.05) is 36.4 Å². The summed E-state index contributed by atoms with van der Waals surface area (Å²) in [6.45, 7) is 3.04. The van der Waals surface area contributed by atoms with E-state index in [2.05, 4.69) is 41.1 Å². The van der Waals surface area contributed by atoms with Crippen molar-refractivity contribution in [2.45, 2.75) is 19.9 Å². The SMILES string of the molecule is CCn1c2ccccc2c2cc(NC(=O)Cc3cc(OC)ccc3OC)ccc21. The monoisotopic (exact) mass is 388 g/mol. The highest BCUT2D eigenvalue weighted by Gasteiger charge is 2.13. The first kappa shape index (κ1) is 18.9. The van der Waals surface area contributed by atoms with Gasteiger partial charge in [0.1, 0.15) is 11.5 Å². The number of nitrogens with zero attached hydrogens (tertiary/aromatic N) is 1. The number of nitrogens with one attached hydrogen (secondary N) is 1. The van der Waals surface area contributed by atoms with Crippen LogP contribution >= 0.6 is 0 Å². The number of aromatic nitrogens is 1. The Bertz CT molecular complexity index is 1190. The minimum Gasteiger partial charge on any atom is -0.497 e. The molecule has 0 aliphatic carbocycles. The molecule has 0 aliphatic heterocycles. The number of methoxy groups -OCH3 is 2. The maximum Gasteiger partial charge on any atom is 0.228 e. The number of hydrogen-bond acceptors (Lipinski definition) is 3. The van der Waals surface area contributed by atoms with Gasteiger partial charge < -0.3 is 19.4 Å². The Balaban J connectivity index is 1.63. The van der Waals surface area contributed by atoms with Gasteiger partial charge in [-0.3, -0.25) is 4.79 Å². The lowest BCUT2D eigenvalue weighted by Gasteiger charge is -2.11. The molecule has 0 aliphatic rings. The second-order valence-corrected chi connectivity index (χ2v) is 6.90. The van der Waals surface area contributed by atoms with E-state index in [0.29, 0.717) is 11.5 Å². The van der Waals surface area contributed by atoms with E-state index < -0.39 is 0 Å². The van der Waals surface area contributed by atoms with Crippen LogP contribution in [0, 0.1) is 0 Å². The van der Waals surface area contributed by atoms with Crippen molar-refractivity contribution >= 4 is 33.4 Å². The van der Waals surface area contributed by atoms with Gasteiger partial charge in [0, 0.05) is 39.6 Å². The lowest BCUT2D eigenvalue weighted by atomic mass is 10.1. The van der Waals surface area contributed by atoms with E-state index in [4.69, 9.17) is 9.47 Å². The van der Waals surface area contributed by atoms with Crippen LogP contribution in [0.25, 0.3) is 21.8 Å². The molecule has 0 spiro atoms. The first-order chi connectivity index (χ1) is 14.1. The van der Waals surface area contributed by atoms with Gasteiger partial charge in [0.2, 0.25) is 5.91 Å². The highest BCUT2D eigenvalue weighted by Crippen LogP contribution is 2.31. The number of anilines is 1. The van der Waals surface area contributed by atoms with Gasteiger partial charge in [-0.1, -0.05) is 18.2 Å². The third-order valence-corrected chi connectivity index (χ3v) is 5.21. The quantitative estimate of drug-likeness (QED) is 0.505. The molecule has 1 N–H and O–H groups in total. The highest BCUT2D eigenvalue weighted by molar-refractivity contribution is 6.09. The number of hydrogen-bond donors (Lipinski definition) is 1. The summed E-state index contributed by atoms with van der Waals surface area (Å²) in [6.07, 6.45) is 0.204. The normalized spacial score (nSPS) is 11.0. The number of aryl methyl sites for hydroxylation is 1. The van der Waals surface area contributed by atoms with Crippen LogP contribution in [0.2, 0.25) is 0 Å². The molecule has 0 unspecified atom stereocenters. The molecule has 1 amide bonds. The molecule has 0 saturated heterocycles. The third-order valence-electron chi connectivity index (χ3n) is 5.21. The number of para-hydroxylation sites is 1. The average molecular weight is 388 g/mol. The van der Waals surface area contributed by atoms with Gasteiger partial charge in [-0.15, -0.1) is 0 Å². The molecule has 0 radical (unpaired) electrons. The molecule has 0 saturated carbocycles. The summed E-state index contributed by atoms with van der Waals surface area (Å²) in [5.41, 5.74) is 3.94. The second-order valence-electron chi connectivity index (χ2n) is 6.90. The summed E-state index contributed by atoms with van der Waals surface area (Å²) in [5, 5.41) is 5.35. The van der Waals surface area contributed by atoms with Crippen LogP contribution in [-0.4, -0.2) is 24.7 Å². The molecule has 4 aromatic rings.